The molecule has 1 fully saturated rings. The summed E-state index contributed by atoms with van der Waals surface area (Å²) in [4.78, 5) is 0. The second-order valence-corrected chi connectivity index (χ2v) is 9.78. The Hall–Kier alpha value is -2.36. The van der Waals surface area contributed by atoms with Crippen LogP contribution in [0.1, 0.15) is 35.1 Å². The van der Waals surface area contributed by atoms with Crippen molar-refractivity contribution in [2.24, 2.45) is 5.41 Å². The molecule has 1 aliphatic heterocycles. The van der Waals surface area contributed by atoms with Gasteiger partial charge in [0.05, 0.1) is 19.6 Å². The minimum Gasteiger partial charge on any atom is -0.493 e. The Balaban J connectivity index is 1.78. The Morgan fingerprint density at radius 3 is 2.16 bits per heavy atom. The number of alkyl halides is 2. The fourth-order valence-corrected chi connectivity index (χ4v) is 6.52. The molecule has 1 aliphatic carbocycles. The number of methoxy groups -OCH3 is 2. The summed E-state index contributed by atoms with van der Waals surface area (Å²) in [6.45, 7) is 4.25. The van der Waals surface area contributed by atoms with E-state index in [-0.39, 0.29) is 5.92 Å². The van der Waals surface area contributed by atoms with Crippen LogP contribution in [0.4, 0.5) is 0 Å². The summed E-state index contributed by atoms with van der Waals surface area (Å²) in [5, 5.41) is 0. The number of hydrogen-bond acceptors (Lipinski definition) is 3. The Bertz CT molecular complexity index is 1170. The molecule has 3 aromatic carbocycles. The molecule has 31 heavy (non-hydrogen) atoms. The van der Waals surface area contributed by atoms with Crippen LogP contribution in [-0.2, 0) is 5.60 Å². The minimum atomic E-state index is -1.16. The summed E-state index contributed by atoms with van der Waals surface area (Å²) in [7, 11) is 3.24. The van der Waals surface area contributed by atoms with Crippen molar-refractivity contribution in [3.05, 3.63) is 89.0 Å². The first-order valence-corrected chi connectivity index (χ1v) is 11.0. The first kappa shape index (κ1) is 20.5. The monoisotopic (exact) mass is 454 g/mol. The van der Waals surface area contributed by atoms with Gasteiger partial charge in [-0.1, -0.05) is 78.7 Å². The number of ether oxygens (including phenoxy) is 3. The van der Waals surface area contributed by atoms with Gasteiger partial charge in [0.15, 0.2) is 21.4 Å². The molecular weight excluding hydrogens is 431 g/mol. The van der Waals surface area contributed by atoms with Crippen molar-refractivity contribution >= 4 is 23.2 Å². The van der Waals surface area contributed by atoms with Gasteiger partial charge in [0.1, 0.15) is 5.75 Å². The topological polar surface area (TPSA) is 27.7 Å². The Labute approximate surface area is 192 Å². The second kappa shape index (κ2) is 6.82. The van der Waals surface area contributed by atoms with Crippen LogP contribution >= 0.6 is 23.2 Å². The van der Waals surface area contributed by atoms with Gasteiger partial charge in [0.25, 0.3) is 0 Å². The quantitative estimate of drug-likeness (QED) is 0.414. The number of rotatable bonds is 4. The lowest BCUT2D eigenvalue weighted by atomic mass is 9.73. The van der Waals surface area contributed by atoms with E-state index in [0.29, 0.717) is 11.5 Å². The summed E-state index contributed by atoms with van der Waals surface area (Å²) in [6, 6.07) is 22.3. The summed E-state index contributed by atoms with van der Waals surface area (Å²) >= 11 is 14.3. The van der Waals surface area contributed by atoms with E-state index < -0.39 is 15.3 Å². The summed E-state index contributed by atoms with van der Waals surface area (Å²) in [6.07, 6.45) is 0. The standard InChI is InChI=1S/C26H24Cl2O3/c1-16-9-5-6-10-18(16)23-19-11-7-8-12-20(19)31-25(24(23,2)26(25,27)28)17-13-14-21(29-3)22(15-17)30-4/h5-15,23H,1-4H3/t23-,24+,25+/m1/s1. The third-order valence-corrected chi connectivity index (χ3v) is 8.44. The molecule has 160 valence electrons. The number of para-hydroxylation sites is 1. The highest BCUT2D eigenvalue weighted by Crippen LogP contribution is 2.85. The third-order valence-electron chi connectivity index (χ3n) is 7.12. The molecule has 0 saturated heterocycles. The van der Waals surface area contributed by atoms with E-state index in [1.165, 1.54) is 11.1 Å². The van der Waals surface area contributed by atoms with Gasteiger partial charge in [0.2, 0.25) is 0 Å². The summed E-state index contributed by atoms with van der Waals surface area (Å²) in [5.41, 5.74) is 2.81. The maximum Gasteiger partial charge on any atom is 0.177 e. The van der Waals surface area contributed by atoms with Gasteiger partial charge >= 0.3 is 0 Å². The molecule has 0 spiro atoms. The largest absolute Gasteiger partial charge is 0.493 e. The number of halogens is 2. The number of fused-ring (bicyclic) bond motifs is 2. The summed E-state index contributed by atoms with van der Waals surface area (Å²) in [5.74, 6) is 2.02. The van der Waals surface area contributed by atoms with Gasteiger partial charge in [-0.15, -0.1) is 0 Å². The second-order valence-electron chi connectivity index (χ2n) is 8.46. The fourth-order valence-electron chi connectivity index (χ4n) is 5.44. The molecule has 0 aromatic heterocycles. The highest BCUT2D eigenvalue weighted by Gasteiger charge is 2.91. The minimum absolute atomic E-state index is 0.0400. The highest BCUT2D eigenvalue weighted by molar-refractivity contribution is 6.53. The molecule has 3 nitrogen and oxygen atoms in total. The van der Waals surface area contributed by atoms with Gasteiger partial charge in [0, 0.05) is 17.0 Å². The molecule has 5 heteroatoms. The highest BCUT2D eigenvalue weighted by atomic mass is 35.5. The van der Waals surface area contributed by atoms with Crippen molar-refractivity contribution < 1.29 is 14.2 Å². The average molecular weight is 455 g/mol. The zero-order valence-corrected chi connectivity index (χ0v) is 19.4. The molecule has 1 saturated carbocycles. The molecular formula is C26H24Cl2O3. The molecule has 3 atom stereocenters. The van der Waals surface area contributed by atoms with Crippen molar-refractivity contribution in [2.75, 3.05) is 14.2 Å². The van der Waals surface area contributed by atoms with E-state index in [4.69, 9.17) is 37.4 Å². The van der Waals surface area contributed by atoms with Crippen LogP contribution < -0.4 is 14.2 Å². The van der Waals surface area contributed by atoms with E-state index in [9.17, 15) is 0 Å². The molecule has 3 aromatic rings. The Morgan fingerprint density at radius 2 is 1.48 bits per heavy atom. The third kappa shape index (κ3) is 2.42. The Morgan fingerprint density at radius 1 is 0.839 bits per heavy atom. The van der Waals surface area contributed by atoms with Gasteiger partial charge in [-0.3, -0.25) is 0 Å². The Kier molecular flexibility index (Phi) is 4.52. The molecule has 0 N–H and O–H groups in total. The van der Waals surface area contributed by atoms with Crippen LogP contribution in [0, 0.1) is 12.3 Å². The first-order chi connectivity index (χ1) is 14.8. The predicted octanol–water partition coefficient (Wildman–Crippen LogP) is 6.63. The van der Waals surface area contributed by atoms with E-state index in [1.807, 2.05) is 36.4 Å². The number of hydrogen-bond donors (Lipinski definition) is 0. The SMILES string of the molecule is COc1ccc([C@]23Oc4ccccc4[C@@H](c4ccccc4C)[C@]2(C)C3(Cl)Cl)cc1OC. The van der Waals surface area contributed by atoms with E-state index >= 15 is 0 Å². The van der Waals surface area contributed by atoms with Gasteiger partial charge in [-0.2, -0.15) is 0 Å². The molecule has 0 amide bonds. The van der Waals surface area contributed by atoms with Crippen LogP contribution in [0.5, 0.6) is 17.2 Å². The summed E-state index contributed by atoms with van der Waals surface area (Å²) < 4.78 is 16.5. The lowest BCUT2D eigenvalue weighted by molar-refractivity contribution is 0.101. The zero-order valence-electron chi connectivity index (χ0n) is 17.9. The first-order valence-electron chi connectivity index (χ1n) is 10.3. The van der Waals surface area contributed by atoms with Gasteiger partial charge in [-0.25, -0.2) is 0 Å². The zero-order chi connectivity index (χ0) is 22.0. The van der Waals surface area contributed by atoms with Crippen molar-refractivity contribution in [3.63, 3.8) is 0 Å². The van der Waals surface area contributed by atoms with E-state index in [0.717, 1.165) is 16.9 Å². The number of aryl methyl sites for hydroxylation is 1. The van der Waals surface area contributed by atoms with Crippen LogP contribution in [-0.4, -0.2) is 18.6 Å². The van der Waals surface area contributed by atoms with Crippen molar-refractivity contribution in [3.8, 4) is 17.2 Å². The lowest BCUT2D eigenvalue weighted by Crippen LogP contribution is -2.33. The van der Waals surface area contributed by atoms with E-state index in [2.05, 4.69) is 44.2 Å². The van der Waals surface area contributed by atoms with E-state index in [1.54, 1.807) is 14.2 Å². The normalized spacial score (nSPS) is 27.5. The van der Waals surface area contributed by atoms with Crippen molar-refractivity contribution in [1.82, 2.24) is 0 Å². The smallest absolute Gasteiger partial charge is 0.177 e. The van der Waals surface area contributed by atoms with Crippen LogP contribution in [0.15, 0.2) is 66.7 Å². The molecule has 0 bridgehead atoms. The molecule has 1 heterocycles. The van der Waals surface area contributed by atoms with Gasteiger partial charge in [-0.05, 0) is 36.2 Å². The fraction of sp³-hybridized carbons (Fsp3) is 0.308. The molecule has 0 unspecified atom stereocenters. The van der Waals surface area contributed by atoms with Gasteiger partial charge < -0.3 is 14.2 Å². The van der Waals surface area contributed by atoms with Crippen LogP contribution in [0.3, 0.4) is 0 Å². The van der Waals surface area contributed by atoms with Crippen LogP contribution in [0.25, 0.3) is 0 Å². The van der Waals surface area contributed by atoms with Crippen LogP contribution in [0.2, 0.25) is 0 Å². The lowest BCUT2D eigenvalue weighted by Gasteiger charge is -2.37. The average Bonchev–Trinajstić information content (AvgIpc) is 3.19. The molecule has 5 rings (SSSR count). The number of benzene rings is 3. The van der Waals surface area contributed by atoms with Crippen molar-refractivity contribution in [2.45, 2.75) is 29.7 Å². The van der Waals surface area contributed by atoms with Crippen molar-refractivity contribution in [1.29, 1.82) is 0 Å². The maximum atomic E-state index is 7.17. The predicted molar refractivity (Wildman–Crippen MR) is 124 cm³/mol. The molecule has 0 radical (unpaired) electrons. The maximum absolute atomic E-state index is 7.17. The molecule has 2 aliphatic rings.